The summed E-state index contributed by atoms with van der Waals surface area (Å²) in [5.74, 6) is -1.59. The van der Waals surface area contributed by atoms with Gasteiger partial charge in [-0.15, -0.1) is 0 Å². The molecule has 4 aliphatic rings. The quantitative estimate of drug-likeness (QED) is 0.456. The number of esters is 1. The van der Waals surface area contributed by atoms with E-state index < -0.39 is 17.8 Å². The molecule has 9 heteroatoms. The molecule has 3 fully saturated rings. The van der Waals surface area contributed by atoms with Gasteiger partial charge >= 0.3 is 5.97 Å². The Morgan fingerprint density at radius 1 is 1.08 bits per heavy atom. The summed E-state index contributed by atoms with van der Waals surface area (Å²) in [5.41, 5.74) is 2.26. The highest BCUT2D eigenvalue weighted by atomic mass is 16.6. The molecule has 2 aromatic carbocycles. The van der Waals surface area contributed by atoms with Crippen LogP contribution in [-0.4, -0.2) is 42.8 Å². The van der Waals surface area contributed by atoms with Crippen LogP contribution in [0.2, 0.25) is 0 Å². The van der Waals surface area contributed by atoms with Crippen molar-refractivity contribution < 1.29 is 28.7 Å². The number of anilines is 1. The van der Waals surface area contributed by atoms with Gasteiger partial charge in [-0.25, -0.2) is 4.79 Å². The maximum atomic E-state index is 13.6. The monoisotopic (exact) mass is 485 g/mol. The highest BCUT2D eigenvalue weighted by Gasteiger charge is 2.70. The maximum absolute atomic E-state index is 13.6. The van der Waals surface area contributed by atoms with E-state index >= 15 is 0 Å². The largest absolute Gasteiger partial charge is 0.478 e. The van der Waals surface area contributed by atoms with Gasteiger partial charge in [-0.3, -0.25) is 14.5 Å². The lowest BCUT2D eigenvalue weighted by atomic mass is 9.71. The van der Waals surface area contributed by atoms with Crippen molar-refractivity contribution in [2.45, 2.75) is 19.4 Å². The summed E-state index contributed by atoms with van der Waals surface area (Å²) in [6.07, 6.45) is 0.441. The Morgan fingerprint density at radius 3 is 2.53 bits per heavy atom. The van der Waals surface area contributed by atoms with Crippen molar-refractivity contribution in [3.8, 4) is 11.8 Å². The number of ether oxygens (including phenoxy) is 2. The lowest BCUT2D eigenvalue weighted by Gasteiger charge is -2.30. The lowest BCUT2D eigenvalue weighted by Crippen LogP contribution is -2.41. The van der Waals surface area contributed by atoms with Gasteiger partial charge in [0.25, 0.3) is 0 Å². The molecule has 36 heavy (non-hydrogen) atoms. The molecule has 2 aliphatic heterocycles. The number of hydrogen-bond acceptors (Lipinski definition) is 8. The van der Waals surface area contributed by atoms with Crippen molar-refractivity contribution in [2.75, 3.05) is 18.1 Å². The van der Waals surface area contributed by atoms with E-state index in [1.54, 1.807) is 37.3 Å². The zero-order chi connectivity index (χ0) is 25.0. The average Bonchev–Trinajstić information content (AvgIpc) is 3.63. The number of para-hydroxylation sites is 1. The molecule has 9 nitrogen and oxygen atoms in total. The van der Waals surface area contributed by atoms with Gasteiger partial charge in [0, 0.05) is 17.4 Å². The van der Waals surface area contributed by atoms with E-state index in [1.165, 1.54) is 4.90 Å². The fraction of sp³-hybridized carbons (Fsp3) is 0.370. The van der Waals surface area contributed by atoms with E-state index in [1.807, 2.05) is 24.3 Å². The fourth-order valence-corrected chi connectivity index (χ4v) is 6.48. The van der Waals surface area contributed by atoms with E-state index in [0.29, 0.717) is 22.7 Å². The third kappa shape index (κ3) is 3.14. The smallest absolute Gasteiger partial charge is 0.338 e. The molecule has 0 unspecified atom stereocenters. The molecule has 0 spiro atoms. The molecule has 0 aromatic heterocycles. The molecule has 6 atom stereocenters. The van der Waals surface area contributed by atoms with Crippen LogP contribution in [-0.2, 0) is 19.2 Å². The Morgan fingerprint density at radius 2 is 1.81 bits per heavy atom. The van der Waals surface area contributed by atoms with E-state index in [9.17, 15) is 14.4 Å². The second kappa shape index (κ2) is 8.48. The summed E-state index contributed by atoms with van der Waals surface area (Å²) >= 11 is 0. The summed E-state index contributed by atoms with van der Waals surface area (Å²) in [4.78, 5) is 46.2. The first-order chi connectivity index (χ1) is 17.5. The minimum atomic E-state index is -0.451. The number of fused-ring (bicyclic) bond motifs is 8. The van der Waals surface area contributed by atoms with Crippen molar-refractivity contribution >= 4 is 29.2 Å². The van der Waals surface area contributed by atoms with Crippen LogP contribution in [0.3, 0.4) is 0 Å². The maximum Gasteiger partial charge on any atom is 0.338 e. The van der Waals surface area contributed by atoms with Crippen LogP contribution in [0.4, 0.5) is 5.69 Å². The van der Waals surface area contributed by atoms with Gasteiger partial charge in [-0.1, -0.05) is 17.3 Å². The van der Waals surface area contributed by atoms with Crippen molar-refractivity contribution in [3.63, 3.8) is 0 Å². The average molecular weight is 485 g/mol. The Bertz CT molecular complexity index is 1330. The Kier molecular flexibility index (Phi) is 5.25. The Labute approximate surface area is 207 Å². The number of oxime groups is 1. The van der Waals surface area contributed by atoms with Crippen molar-refractivity contribution in [2.24, 2.45) is 34.7 Å². The molecule has 2 bridgehead atoms. The number of imide groups is 1. The van der Waals surface area contributed by atoms with Crippen LogP contribution in [0.25, 0.3) is 0 Å². The van der Waals surface area contributed by atoms with Crippen LogP contribution in [0.5, 0.6) is 5.75 Å². The molecule has 2 aliphatic carbocycles. The van der Waals surface area contributed by atoms with Gasteiger partial charge in [0.1, 0.15) is 17.9 Å². The first kappa shape index (κ1) is 22.3. The molecule has 0 radical (unpaired) electrons. The van der Waals surface area contributed by atoms with E-state index in [2.05, 4.69) is 5.16 Å². The van der Waals surface area contributed by atoms with Crippen molar-refractivity contribution in [3.05, 3.63) is 59.7 Å². The first-order valence-corrected chi connectivity index (χ1v) is 12.0. The molecule has 2 aromatic rings. The molecule has 182 valence electrons. The third-order valence-corrected chi connectivity index (χ3v) is 7.78. The fourth-order valence-electron chi connectivity index (χ4n) is 6.48. The molecule has 0 N–H and O–H groups in total. The van der Waals surface area contributed by atoms with Crippen molar-refractivity contribution in [1.82, 2.24) is 0 Å². The number of nitrogens with zero attached hydrogens (tertiary/aromatic N) is 3. The molecule has 1 saturated heterocycles. The minimum Gasteiger partial charge on any atom is -0.478 e. The second-order valence-corrected chi connectivity index (χ2v) is 9.41. The highest BCUT2D eigenvalue weighted by molar-refractivity contribution is 6.23. The standard InChI is InChI=1S/C27H23N3O6/c1-2-34-27(33)14-7-9-15(10-8-14)30-25(31)20-17-13-18(21(20)26(30)32)24-22(17)23(29-36-24)16-5-3-4-6-19(16)35-12-11-28/h3-10,17-18,20-22,24H,2,12-13H2,1H3/t17-,18+,20-,21+,22-,24-/m1/s1. The molecule has 2 saturated carbocycles. The number of carbonyl (C=O) groups is 3. The molecular weight excluding hydrogens is 462 g/mol. The second-order valence-electron chi connectivity index (χ2n) is 9.41. The first-order valence-electron chi connectivity index (χ1n) is 12.0. The number of hydrogen-bond donors (Lipinski definition) is 0. The van der Waals surface area contributed by atoms with Crippen LogP contribution < -0.4 is 9.64 Å². The molecule has 6 rings (SSSR count). The van der Waals surface area contributed by atoms with E-state index in [4.69, 9.17) is 19.6 Å². The Hall–Kier alpha value is -4.19. The summed E-state index contributed by atoms with van der Waals surface area (Å²) in [6, 6.07) is 15.7. The third-order valence-electron chi connectivity index (χ3n) is 7.78. The zero-order valence-corrected chi connectivity index (χ0v) is 19.5. The topological polar surface area (TPSA) is 118 Å². The van der Waals surface area contributed by atoms with Crippen molar-refractivity contribution in [1.29, 1.82) is 5.26 Å². The van der Waals surface area contributed by atoms with Crippen LogP contribution in [0, 0.1) is 40.9 Å². The van der Waals surface area contributed by atoms with Crippen LogP contribution in [0.1, 0.15) is 29.3 Å². The number of nitriles is 1. The normalized spacial score (nSPS) is 29.3. The van der Waals surface area contributed by atoms with Gasteiger partial charge in [0.2, 0.25) is 11.8 Å². The van der Waals surface area contributed by atoms with Gasteiger partial charge in [-0.05, 0) is 55.7 Å². The zero-order valence-electron chi connectivity index (χ0n) is 19.5. The molecule has 2 heterocycles. The lowest BCUT2D eigenvalue weighted by molar-refractivity contribution is -0.125. The summed E-state index contributed by atoms with van der Waals surface area (Å²) in [7, 11) is 0. The predicted molar refractivity (Wildman–Crippen MR) is 126 cm³/mol. The van der Waals surface area contributed by atoms with E-state index in [0.717, 1.165) is 12.0 Å². The molecular formula is C27H23N3O6. The number of benzene rings is 2. The van der Waals surface area contributed by atoms with Crippen LogP contribution in [0.15, 0.2) is 53.7 Å². The summed E-state index contributed by atoms with van der Waals surface area (Å²) in [6.45, 7) is 1.90. The Balaban J connectivity index is 1.28. The van der Waals surface area contributed by atoms with E-state index in [-0.39, 0.29) is 48.9 Å². The number of carbonyl (C=O) groups excluding carboxylic acids is 3. The predicted octanol–water partition coefficient (Wildman–Crippen LogP) is 2.94. The van der Waals surface area contributed by atoms with Gasteiger partial charge in [0.05, 0.1) is 35.4 Å². The highest BCUT2D eigenvalue weighted by Crippen LogP contribution is 2.62. The molecule has 2 amide bonds. The summed E-state index contributed by atoms with van der Waals surface area (Å²) in [5, 5.41) is 13.3. The number of amides is 2. The summed E-state index contributed by atoms with van der Waals surface area (Å²) < 4.78 is 10.6. The van der Waals surface area contributed by atoms with Gasteiger partial charge in [0.15, 0.2) is 6.61 Å². The van der Waals surface area contributed by atoms with Gasteiger partial charge in [-0.2, -0.15) is 5.26 Å². The van der Waals surface area contributed by atoms with Gasteiger partial charge < -0.3 is 14.3 Å². The minimum absolute atomic E-state index is 0.0875. The van der Waals surface area contributed by atoms with Crippen LogP contribution >= 0.6 is 0 Å². The SMILES string of the molecule is CCOC(=O)c1ccc(N2C(=O)[C@@H]3[C@H]4C[C@H]([C@H]5ON=C(c6ccccc6OCC#N)[C@@H]45)[C@@H]3C2=O)cc1. The number of rotatable bonds is 6.